The number of carbonyl (C=O) groups is 2. The van der Waals surface area contributed by atoms with E-state index >= 15 is 0 Å². The average molecular weight is 540 g/mol. The highest BCUT2D eigenvalue weighted by molar-refractivity contribution is 5.95. The highest BCUT2D eigenvalue weighted by Gasteiger charge is 2.33. The Morgan fingerprint density at radius 1 is 1.08 bits per heavy atom. The molecule has 6 heteroatoms. The molecule has 1 aromatic heterocycles. The molecule has 2 heterocycles. The van der Waals surface area contributed by atoms with E-state index in [9.17, 15) is 14.7 Å². The van der Waals surface area contributed by atoms with Gasteiger partial charge in [-0.05, 0) is 69.8 Å². The maximum Gasteiger partial charge on any atom is 0.335 e. The van der Waals surface area contributed by atoms with Crippen LogP contribution in [0.3, 0.4) is 0 Å². The molecule has 1 fully saturated rings. The van der Waals surface area contributed by atoms with E-state index < -0.39 is 5.97 Å². The number of carboxylic acid groups (broad SMARTS) is 1. The lowest BCUT2D eigenvalue weighted by molar-refractivity contribution is -0.137. The molecule has 1 aliphatic rings. The van der Waals surface area contributed by atoms with Crippen LogP contribution in [0.15, 0.2) is 18.2 Å². The molecular formula is C33H53N3O3. The molecule has 6 nitrogen and oxygen atoms in total. The monoisotopic (exact) mass is 539 g/mol. The number of benzene rings is 1. The number of fused-ring (bicyclic) bond motifs is 1. The van der Waals surface area contributed by atoms with Crippen LogP contribution in [0.5, 0.6) is 0 Å². The van der Waals surface area contributed by atoms with Crippen molar-refractivity contribution in [1.82, 2.24) is 14.4 Å². The van der Waals surface area contributed by atoms with Gasteiger partial charge in [-0.15, -0.1) is 0 Å². The number of nitrogens with zero attached hydrogens (tertiary/aromatic N) is 3. The van der Waals surface area contributed by atoms with E-state index in [4.69, 9.17) is 0 Å². The average Bonchev–Trinajstić information content (AvgIpc) is 3.24. The summed E-state index contributed by atoms with van der Waals surface area (Å²) in [6, 6.07) is 6.12. The third-order valence-electron chi connectivity index (χ3n) is 9.08. The van der Waals surface area contributed by atoms with E-state index in [-0.39, 0.29) is 17.2 Å². The Morgan fingerprint density at radius 3 is 2.33 bits per heavy atom. The van der Waals surface area contributed by atoms with Crippen molar-refractivity contribution >= 4 is 22.8 Å². The molecular weight excluding hydrogens is 486 g/mol. The van der Waals surface area contributed by atoms with Crippen LogP contribution in [-0.4, -0.2) is 64.1 Å². The first-order valence-electron chi connectivity index (χ1n) is 15.5. The maximum absolute atomic E-state index is 14.1. The molecule has 218 valence electrons. The molecule has 1 aromatic carbocycles. The van der Waals surface area contributed by atoms with Gasteiger partial charge in [0.25, 0.3) is 0 Å². The predicted octanol–water partition coefficient (Wildman–Crippen LogP) is 7.12. The Kier molecular flexibility index (Phi) is 11.1. The first-order valence-corrected chi connectivity index (χ1v) is 15.5. The summed E-state index contributed by atoms with van der Waals surface area (Å²) in [6.07, 6.45) is 9.08. The third-order valence-corrected chi connectivity index (χ3v) is 9.08. The molecule has 0 bridgehead atoms. The quantitative estimate of drug-likeness (QED) is 0.278. The molecule has 1 N–H and O–H groups in total. The largest absolute Gasteiger partial charge is 0.478 e. The Hall–Kier alpha value is -2.34. The molecule has 1 amide bonds. The van der Waals surface area contributed by atoms with Crippen molar-refractivity contribution in [3.05, 3.63) is 35.0 Å². The second-order valence-corrected chi connectivity index (χ2v) is 12.3. The van der Waals surface area contributed by atoms with Crippen molar-refractivity contribution in [2.75, 3.05) is 26.7 Å². The number of hydrogen-bond acceptors (Lipinski definition) is 3. The molecule has 39 heavy (non-hydrogen) atoms. The predicted molar refractivity (Wildman–Crippen MR) is 162 cm³/mol. The van der Waals surface area contributed by atoms with Crippen molar-refractivity contribution in [3.63, 3.8) is 0 Å². The lowest BCUT2D eigenvalue weighted by Gasteiger charge is -2.38. The lowest BCUT2D eigenvalue weighted by Crippen LogP contribution is -2.48. The number of piperidine rings is 1. The van der Waals surface area contributed by atoms with Gasteiger partial charge in [-0.2, -0.15) is 0 Å². The van der Waals surface area contributed by atoms with Gasteiger partial charge >= 0.3 is 5.97 Å². The van der Waals surface area contributed by atoms with Crippen molar-refractivity contribution in [2.45, 2.75) is 117 Å². The van der Waals surface area contributed by atoms with E-state index in [0.29, 0.717) is 18.2 Å². The van der Waals surface area contributed by atoms with Gasteiger partial charge in [0.15, 0.2) is 0 Å². The highest BCUT2D eigenvalue weighted by Crippen LogP contribution is 2.39. The minimum absolute atomic E-state index is 0.0898. The van der Waals surface area contributed by atoms with Gasteiger partial charge in [-0.25, -0.2) is 4.79 Å². The molecule has 3 rings (SSSR count). The Balaban J connectivity index is 2.03. The highest BCUT2D eigenvalue weighted by atomic mass is 16.4. The van der Waals surface area contributed by atoms with E-state index in [1.165, 1.54) is 11.3 Å². The molecule has 0 radical (unpaired) electrons. The Morgan fingerprint density at radius 2 is 1.77 bits per heavy atom. The van der Waals surface area contributed by atoms with Crippen LogP contribution < -0.4 is 0 Å². The van der Waals surface area contributed by atoms with Crippen LogP contribution in [0.2, 0.25) is 0 Å². The van der Waals surface area contributed by atoms with Gasteiger partial charge in [-0.1, -0.05) is 66.9 Å². The molecule has 1 unspecified atom stereocenters. The summed E-state index contributed by atoms with van der Waals surface area (Å²) in [5, 5.41) is 10.9. The number of amides is 1. The summed E-state index contributed by atoms with van der Waals surface area (Å²) in [6.45, 7) is 16.8. The summed E-state index contributed by atoms with van der Waals surface area (Å²) in [4.78, 5) is 30.6. The van der Waals surface area contributed by atoms with Crippen LogP contribution in [0, 0.1) is 5.92 Å². The molecule has 0 spiro atoms. The lowest BCUT2D eigenvalue weighted by atomic mass is 9.82. The maximum atomic E-state index is 14.1. The topological polar surface area (TPSA) is 65.8 Å². The Labute approximate surface area is 236 Å². The zero-order valence-electron chi connectivity index (χ0n) is 25.7. The first-order chi connectivity index (χ1) is 18.6. The van der Waals surface area contributed by atoms with Crippen molar-refractivity contribution < 1.29 is 14.7 Å². The summed E-state index contributed by atoms with van der Waals surface area (Å²) in [7, 11) is 2.21. The SMILES string of the molecule is CCCCC(Cn1c(C(C)(C)CC)c(CCC)c2ccc(C(=O)O)cc21)C(=O)N1CCC(N(C)CCC)CC1. The number of hydrogen-bond donors (Lipinski definition) is 1. The summed E-state index contributed by atoms with van der Waals surface area (Å²) in [5.74, 6) is -0.749. The molecule has 0 saturated carbocycles. The van der Waals surface area contributed by atoms with Crippen LogP contribution in [-0.2, 0) is 23.2 Å². The smallest absolute Gasteiger partial charge is 0.335 e. The van der Waals surface area contributed by atoms with Crippen LogP contribution in [0.4, 0.5) is 0 Å². The fourth-order valence-corrected chi connectivity index (χ4v) is 6.47. The Bertz CT molecular complexity index is 1110. The first kappa shape index (κ1) is 31.2. The summed E-state index contributed by atoms with van der Waals surface area (Å²) in [5.41, 5.74) is 3.77. The number of rotatable bonds is 14. The normalized spacial score (nSPS) is 15.8. The third kappa shape index (κ3) is 7.06. The van der Waals surface area contributed by atoms with Crippen molar-refractivity contribution in [3.8, 4) is 0 Å². The van der Waals surface area contributed by atoms with Gasteiger partial charge in [0, 0.05) is 47.7 Å². The van der Waals surface area contributed by atoms with Gasteiger partial charge < -0.3 is 19.5 Å². The second-order valence-electron chi connectivity index (χ2n) is 12.3. The van der Waals surface area contributed by atoms with Crippen LogP contribution in [0.25, 0.3) is 10.9 Å². The number of aryl methyl sites for hydroxylation is 1. The zero-order valence-corrected chi connectivity index (χ0v) is 25.7. The van der Waals surface area contributed by atoms with Crippen molar-refractivity contribution in [1.29, 1.82) is 0 Å². The van der Waals surface area contributed by atoms with E-state index in [1.807, 2.05) is 12.1 Å². The standard InChI is InChI=1S/C33H53N3O3/c1-8-12-14-25(31(37)35-20-17-26(18-21-35)34(7)19-10-3)23-36-29-22-24(32(38)39)15-16-27(29)28(13-9-2)30(36)33(5,6)11-4/h15-16,22,25-26H,8-14,17-21,23H2,1-7H3,(H,38,39). The van der Waals surface area contributed by atoms with Gasteiger partial charge in [0.2, 0.25) is 5.91 Å². The number of likely N-dealkylation sites (tertiary alicyclic amines) is 1. The second kappa shape index (κ2) is 13.8. The molecule has 2 aromatic rings. The summed E-state index contributed by atoms with van der Waals surface area (Å²) >= 11 is 0. The van der Waals surface area contributed by atoms with E-state index in [2.05, 4.69) is 63.0 Å². The molecule has 1 saturated heterocycles. The molecule has 0 aliphatic carbocycles. The summed E-state index contributed by atoms with van der Waals surface area (Å²) < 4.78 is 2.34. The van der Waals surface area contributed by atoms with Crippen LogP contribution in [0.1, 0.15) is 115 Å². The molecule has 1 aliphatic heterocycles. The number of carboxylic acids is 1. The van der Waals surface area contributed by atoms with Gasteiger partial charge in [-0.3, -0.25) is 4.79 Å². The minimum Gasteiger partial charge on any atom is -0.478 e. The number of unbranched alkanes of at least 4 members (excludes halogenated alkanes) is 1. The van der Waals surface area contributed by atoms with E-state index in [0.717, 1.165) is 88.3 Å². The fourth-order valence-electron chi connectivity index (χ4n) is 6.47. The minimum atomic E-state index is -0.910. The number of carbonyl (C=O) groups excluding carboxylic acids is 1. The van der Waals surface area contributed by atoms with Gasteiger partial charge in [0.05, 0.1) is 11.5 Å². The van der Waals surface area contributed by atoms with Gasteiger partial charge in [0.1, 0.15) is 0 Å². The number of aromatic carboxylic acids is 1. The fraction of sp³-hybridized carbons (Fsp3) is 0.697. The van der Waals surface area contributed by atoms with E-state index in [1.54, 1.807) is 6.07 Å². The zero-order chi connectivity index (χ0) is 28.7. The molecule has 1 atom stereocenters. The van der Waals surface area contributed by atoms with Crippen molar-refractivity contribution in [2.24, 2.45) is 5.92 Å². The van der Waals surface area contributed by atoms with Crippen LogP contribution >= 0.6 is 0 Å². The number of aromatic nitrogens is 1.